The molecule has 15 heavy (non-hydrogen) atoms. The highest BCUT2D eigenvalue weighted by Crippen LogP contribution is 2.21. The van der Waals surface area contributed by atoms with Crippen LogP contribution in [0.3, 0.4) is 0 Å². The van der Waals surface area contributed by atoms with Crippen LogP contribution in [0.15, 0.2) is 12.2 Å². The Morgan fingerprint density at radius 2 is 2.13 bits per heavy atom. The van der Waals surface area contributed by atoms with Gasteiger partial charge in [-0.2, -0.15) is 0 Å². The van der Waals surface area contributed by atoms with Gasteiger partial charge in [0, 0.05) is 13.1 Å². The minimum Gasteiger partial charge on any atom is -0.327 e. The zero-order valence-corrected chi connectivity index (χ0v) is 10.1. The van der Waals surface area contributed by atoms with Crippen LogP contribution in [0.4, 0.5) is 0 Å². The van der Waals surface area contributed by atoms with Gasteiger partial charge in [-0.05, 0) is 38.3 Å². The van der Waals surface area contributed by atoms with Crippen molar-refractivity contribution < 1.29 is 0 Å². The lowest BCUT2D eigenvalue weighted by Gasteiger charge is -2.17. The van der Waals surface area contributed by atoms with Gasteiger partial charge in [-0.3, -0.25) is 4.90 Å². The third kappa shape index (κ3) is 5.33. The monoisotopic (exact) mass is 210 g/mol. The maximum absolute atomic E-state index is 5.43. The maximum Gasteiger partial charge on any atom is 0.0163 e. The van der Waals surface area contributed by atoms with E-state index in [1.54, 1.807) is 0 Å². The van der Waals surface area contributed by atoms with Crippen LogP contribution in [0.1, 0.15) is 39.0 Å². The zero-order valence-electron chi connectivity index (χ0n) is 10.1. The predicted octanol–water partition coefficient (Wildman–Crippen LogP) is 2.40. The number of hydrogen-bond donors (Lipinski definition) is 1. The molecular formula is C13H26N2. The highest BCUT2D eigenvalue weighted by molar-refractivity contribution is 4.86. The van der Waals surface area contributed by atoms with Gasteiger partial charge < -0.3 is 5.73 Å². The summed E-state index contributed by atoms with van der Waals surface area (Å²) < 4.78 is 0. The molecule has 88 valence electrons. The van der Waals surface area contributed by atoms with Crippen LogP contribution in [0, 0.1) is 5.92 Å². The average Bonchev–Trinajstić information content (AvgIpc) is 2.45. The molecule has 2 heteroatoms. The molecule has 2 N–H and O–H groups in total. The topological polar surface area (TPSA) is 29.3 Å². The van der Waals surface area contributed by atoms with E-state index in [9.17, 15) is 0 Å². The Morgan fingerprint density at radius 3 is 2.87 bits per heavy atom. The number of likely N-dealkylation sites (tertiary alicyclic amines) is 1. The van der Waals surface area contributed by atoms with E-state index in [1.807, 2.05) is 0 Å². The molecule has 0 aromatic heterocycles. The van der Waals surface area contributed by atoms with Gasteiger partial charge in [0.1, 0.15) is 0 Å². The molecule has 1 saturated heterocycles. The summed E-state index contributed by atoms with van der Waals surface area (Å²) in [5.41, 5.74) is 5.43. The van der Waals surface area contributed by atoms with Gasteiger partial charge in [0.05, 0.1) is 0 Å². The third-order valence-corrected chi connectivity index (χ3v) is 3.30. The summed E-state index contributed by atoms with van der Waals surface area (Å²) in [6.45, 7) is 6.61. The van der Waals surface area contributed by atoms with E-state index in [0.29, 0.717) is 6.54 Å². The molecule has 0 aliphatic carbocycles. The first-order valence-electron chi connectivity index (χ1n) is 6.44. The van der Waals surface area contributed by atoms with Crippen LogP contribution < -0.4 is 5.73 Å². The van der Waals surface area contributed by atoms with Gasteiger partial charge in [-0.15, -0.1) is 0 Å². The predicted molar refractivity (Wildman–Crippen MR) is 66.9 cm³/mol. The van der Waals surface area contributed by atoms with Gasteiger partial charge in [0.25, 0.3) is 0 Å². The second-order valence-electron chi connectivity index (χ2n) is 4.59. The minimum atomic E-state index is 0.673. The van der Waals surface area contributed by atoms with Gasteiger partial charge >= 0.3 is 0 Å². The van der Waals surface area contributed by atoms with Crippen molar-refractivity contribution >= 4 is 0 Å². The Kier molecular flexibility index (Phi) is 6.69. The minimum absolute atomic E-state index is 0.673. The van der Waals surface area contributed by atoms with Crippen LogP contribution in [0.5, 0.6) is 0 Å². The Labute approximate surface area is 94.5 Å². The molecule has 0 bridgehead atoms. The highest BCUT2D eigenvalue weighted by atomic mass is 15.1. The lowest BCUT2D eigenvalue weighted by Crippen LogP contribution is -2.25. The van der Waals surface area contributed by atoms with Crippen molar-refractivity contribution in [3.8, 4) is 0 Å². The summed E-state index contributed by atoms with van der Waals surface area (Å²) in [6.07, 6.45) is 11.2. The van der Waals surface area contributed by atoms with Crippen molar-refractivity contribution in [2.24, 2.45) is 11.7 Å². The van der Waals surface area contributed by atoms with Gasteiger partial charge in [0.15, 0.2) is 0 Å². The molecule has 1 rings (SSSR count). The smallest absolute Gasteiger partial charge is 0.0163 e. The highest BCUT2D eigenvalue weighted by Gasteiger charge is 2.14. The molecule has 0 amide bonds. The molecule has 0 aromatic rings. The Morgan fingerprint density at radius 1 is 1.27 bits per heavy atom. The van der Waals surface area contributed by atoms with E-state index in [0.717, 1.165) is 12.5 Å². The third-order valence-electron chi connectivity index (χ3n) is 3.30. The summed E-state index contributed by atoms with van der Waals surface area (Å²) in [5, 5.41) is 0. The molecule has 0 aromatic carbocycles. The van der Waals surface area contributed by atoms with Gasteiger partial charge in [0.2, 0.25) is 0 Å². The van der Waals surface area contributed by atoms with Gasteiger partial charge in [-0.25, -0.2) is 0 Å². The molecular weight excluding hydrogens is 184 g/mol. The van der Waals surface area contributed by atoms with Crippen molar-refractivity contribution in [3.63, 3.8) is 0 Å². The average molecular weight is 210 g/mol. The van der Waals surface area contributed by atoms with Crippen LogP contribution in [0.25, 0.3) is 0 Å². The Bertz CT molecular complexity index is 177. The fraction of sp³-hybridized carbons (Fsp3) is 0.846. The lowest BCUT2D eigenvalue weighted by atomic mass is 9.96. The summed E-state index contributed by atoms with van der Waals surface area (Å²) in [5.74, 6) is 0.985. The van der Waals surface area contributed by atoms with Crippen molar-refractivity contribution in [3.05, 3.63) is 12.2 Å². The second kappa shape index (κ2) is 7.89. The fourth-order valence-electron chi connectivity index (χ4n) is 2.42. The van der Waals surface area contributed by atoms with E-state index in [1.165, 1.54) is 45.2 Å². The number of nitrogens with zero attached hydrogens (tertiary/aromatic N) is 1. The SMILES string of the molecule is CCCC1CCCN(CC=CCN)CC1. The van der Waals surface area contributed by atoms with Crippen molar-refractivity contribution in [1.82, 2.24) is 4.90 Å². The first-order chi connectivity index (χ1) is 7.36. The lowest BCUT2D eigenvalue weighted by molar-refractivity contribution is 0.308. The van der Waals surface area contributed by atoms with E-state index in [2.05, 4.69) is 24.0 Å². The molecule has 0 radical (unpaired) electrons. The standard InChI is InChI=1S/C13H26N2/c1-2-6-13-7-5-11-15(12-8-13)10-4-3-9-14/h3-4,13H,2,5-12,14H2,1H3. The quantitative estimate of drug-likeness (QED) is 0.706. The summed E-state index contributed by atoms with van der Waals surface area (Å²) in [6, 6.07) is 0. The van der Waals surface area contributed by atoms with Crippen molar-refractivity contribution in [2.45, 2.75) is 39.0 Å². The second-order valence-corrected chi connectivity index (χ2v) is 4.59. The van der Waals surface area contributed by atoms with E-state index in [4.69, 9.17) is 5.73 Å². The molecule has 1 fully saturated rings. The Hall–Kier alpha value is -0.340. The molecule has 1 heterocycles. The van der Waals surface area contributed by atoms with Gasteiger partial charge in [-0.1, -0.05) is 31.9 Å². The first-order valence-corrected chi connectivity index (χ1v) is 6.44. The van der Waals surface area contributed by atoms with Crippen LogP contribution in [-0.4, -0.2) is 31.1 Å². The van der Waals surface area contributed by atoms with Crippen LogP contribution in [-0.2, 0) is 0 Å². The largest absolute Gasteiger partial charge is 0.327 e. The molecule has 1 atom stereocenters. The van der Waals surface area contributed by atoms with E-state index in [-0.39, 0.29) is 0 Å². The Balaban J connectivity index is 2.23. The van der Waals surface area contributed by atoms with Crippen LogP contribution >= 0.6 is 0 Å². The molecule has 1 aliphatic heterocycles. The normalized spacial score (nSPS) is 24.5. The molecule has 0 spiro atoms. The molecule has 1 aliphatic rings. The van der Waals surface area contributed by atoms with Crippen LogP contribution in [0.2, 0.25) is 0 Å². The first kappa shape index (κ1) is 12.7. The maximum atomic E-state index is 5.43. The summed E-state index contributed by atoms with van der Waals surface area (Å²) in [4.78, 5) is 2.56. The fourth-order valence-corrected chi connectivity index (χ4v) is 2.42. The summed E-state index contributed by atoms with van der Waals surface area (Å²) in [7, 11) is 0. The van der Waals surface area contributed by atoms with Crippen molar-refractivity contribution in [2.75, 3.05) is 26.2 Å². The van der Waals surface area contributed by atoms with Crippen molar-refractivity contribution in [1.29, 1.82) is 0 Å². The number of nitrogens with two attached hydrogens (primary N) is 1. The zero-order chi connectivity index (χ0) is 10.9. The molecule has 1 unspecified atom stereocenters. The molecule has 2 nitrogen and oxygen atoms in total. The summed E-state index contributed by atoms with van der Waals surface area (Å²) >= 11 is 0. The number of rotatable bonds is 5. The van der Waals surface area contributed by atoms with E-state index < -0.39 is 0 Å². The van der Waals surface area contributed by atoms with E-state index >= 15 is 0 Å². The number of hydrogen-bond acceptors (Lipinski definition) is 2. The molecule has 0 saturated carbocycles.